The molecular formula is C17H24N2O5. The minimum atomic E-state index is -0.917. The van der Waals surface area contributed by atoms with E-state index in [1.54, 1.807) is 39.0 Å². The van der Waals surface area contributed by atoms with Crippen LogP contribution in [0, 0.1) is 6.92 Å². The first-order chi connectivity index (χ1) is 11.4. The third-order valence-electron chi connectivity index (χ3n) is 3.35. The highest BCUT2D eigenvalue weighted by Gasteiger charge is 2.24. The van der Waals surface area contributed by atoms with Crippen LogP contribution in [-0.4, -0.2) is 37.1 Å². The molecule has 0 aliphatic rings. The second-order valence-corrected chi connectivity index (χ2v) is 5.19. The first-order valence-corrected chi connectivity index (χ1v) is 7.88. The van der Waals surface area contributed by atoms with Crippen LogP contribution in [0.3, 0.4) is 0 Å². The Labute approximate surface area is 141 Å². The predicted octanol–water partition coefficient (Wildman–Crippen LogP) is 1.58. The van der Waals surface area contributed by atoms with Gasteiger partial charge >= 0.3 is 11.9 Å². The number of amides is 1. The molecule has 7 nitrogen and oxygen atoms in total. The van der Waals surface area contributed by atoms with E-state index in [0.717, 1.165) is 5.56 Å². The van der Waals surface area contributed by atoms with E-state index in [1.165, 1.54) is 0 Å². The SMILES string of the molecule is CCOC(=O)CCC(NC(=O)c1ccc(N)c(C)c1)C(=O)OCC. The van der Waals surface area contributed by atoms with Crippen molar-refractivity contribution in [3.8, 4) is 0 Å². The molecule has 1 unspecified atom stereocenters. The second-order valence-electron chi connectivity index (χ2n) is 5.19. The predicted molar refractivity (Wildman–Crippen MR) is 89.3 cm³/mol. The number of aryl methyl sites for hydroxylation is 1. The molecule has 0 aromatic heterocycles. The number of ether oxygens (including phenoxy) is 2. The maximum Gasteiger partial charge on any atom is 0.328 e. The van der Waals surface area contributed by atoms with Crippen molar-refractivity contribution in [2.75, 3.05) is 18.9 Å². The van der Waals surface area contributed by atoms with Gasteiger partial charge in [0.15, 0.2) is 0 Å². The average molecular weight is 336 g/mol. The number of nitrogen functional groups attached to an aromatic ring is 1. The van der Waals surface area contributed by atoms with Crippen LogP contribution in [0.15, 0.2) is 18.2 Å². The molecule has 0 radical (unpaired) electrons. The number of esters is 2. The van der Waals surface area contributed by atoms with Gasteiger partial charge in [0, 0.05) is 17.7 Å². The number of carbonyl (C=O) groups excluding carboxylic acids is 3. The molecule has 0 fully saturated rings. The monoisotopic (exact) mass is 336 g/mol. The summed E-state index contributed by atoms with van der Waals surface area (Å²) in [6, 6.07) is 3.92. The van der Waals surface area contributed by atoms with Crippen molar-refractivity contribution in [3.05, 3.63) is 29.3 Å². The van der Waals surface area contributed by atoms with Crippen LogP contribution in [0.4, 0.5) is 5.69 Å². The lowest BCUT2D eigenvalue weighted by Crippen LogP contribution is -2.42. The summed E-state index contributed by atoms with van der Waals surface area (Å²) < 4.78 is 9.78. The van der Waals surface area contributed by atoms with E-state index in [0.29, 0.717) is 11.3 Å². The molecule has 1 amide bonds. The number of hydrogen-bond donors (Lipinski definition) is 2. The fraction of sp³-hybridized carbons (Fsp3) is 0.471. The van der Waals surface area contributed by atoms with Crippen molar-refractivity contribution in [1.29, 1.82) is 0 Å². The molecule has 7 heteroatoms. The van der Waals surface area contributed by atoms with Gasteiger partial charge < -0.3 is 20.5 Å². The minimum absolute atomic E-state index is 0.0123. The fourth-order valence-electron chi connectivity index (χ4n) is 2.05. The molecular weight excluding hydrogens is 312 g/mol. The summed E-state index contributed by atoms with van der Waals surface area (Å²) in [6.45, 7) is 5.61. The molecule has 1 aromatic carbocycles. The van der Waals surface area contributed by atoms with Gasteiger partial charge in [-0.2, -0.15) is 0 Å². The van der Waals surface area contributed by atoms with Crippen molar-refractivity contribution in [3.63, 3.8) is 0 Å². The topological polar surface area (TPSA) is 108 Å². The molecule has 0 aliphatic carbocycles. The van der Waals surface area contributed by atoms with E-state index >= 15 is 0 Å². The van der Waals surface area contributed by atoms with E-state index in [4.69, 9.17) is 15.2 Å². The highest BCUT2D eigenvalue weighted by Crippen LogP contribution is 2.13. The van der Waals surface area contributed by atoms with Gasteiger partial charge in [-0.05, 0) is 51.0 Å². The lowest BCUT2D eigenvalue weighted by molar-refractivity contribution is -0.146. The molecule has 0 heterocycles. The van der Waals surface area contributed by atoms with Gasteiger partial charge in [0.2, 0.25) is 0 Å². The Morgan fingerprint density at radius 3 is 2.42 bits per heavy atom. The molecule has 0 saturated heterocycles. The van der Waals surface area contributed by atoms with Crippen LogP contribution in [0.25, 0.3) is 0 Å². The lowest BCUT2D eigenvalue weighted by Gasteiger charge is -2.17. The van der Waals surface area contributed by atoms with Gasteiger partial charge in [0.05, 0.1) is 13.2 Å². The van der Waals surface area contributed by atoms with E-state index in [-0.39, 0.29) is 26.1 Å². The summed E-state index contributed by atoms with van der Waals surface area (Å²) in [4.78, 5) is 35.8. The molecule has 1 aromatic rings. The zero-order chi connectivity index (χ0) is 18.1. The maximum absolute atomic E-state index is 12.3. The summed E-state index contributed by atoms with van der Waals surface area (Å²) in [5.74, 6) is -1.44. The highest BCUT2D eigenvalue weighted by atomic mass is 16.5. The van der Waals surface area contributed by atoms with Gasteiger partial charge in [-0.1, -0.05) is 0 Å². The van der Waals surface area contributed by atoms with Crippen LogP contribution in [0.5, 0.6) is 0 Å². The average Bonchev–Trinajstić information content (AvgIpc) is 2.54. The minimum Gasteiger partial charge on any atom is -0.466 e. The van der Waals surface area contributed by atoms with Crippen LogP contribution < -0.4 is 11.1 Å². The summed E-state index contributed by atoms with van der Waals surface area (Å²) in [5.41, 5.74) is 7.46. The highest BCUT2D eigenvalue weighted by molar-refractivity contribution is 5.97. The Hall–Kier alpha value is -2.57. The van der Waals surface area contributed by atoms with Crippen LogP contribution in [0.2, 0.25) is 0 Å². The van der Waals surface area contributed by atoms with Crippen molar-refractivity contribution in [2.24, 2.45) is 0 Å². The van der Waals surface area contributed by atoms with Crippen molar-refractivity contribution in [1.82, 2.24) is 5.32 Å². The van der Waals surface area contributed by atoms with Gasteiger partial charge in [-0.15, -0.1) is 0 Å². The molecule has 24 heavy (non-hydrogen) atoms. The van der Waals surface area contributed by atoms with E-state index in [9.17, 15) is 14.4 Å². The lowest BCUT2D eigenvalue weighted by atomic mass is 10.1. The van der Waals surface area contributed by atoms with Gasteiger partial charge in [-0.25, -0.2) is 4.79 Å². The Morgan fingerprint density at radius 2 is 1.83 bits per heavy atom. The third-order valence-corrected chi connectivity index (χ3v) is 3.35. The number of nitrogens with one attached hydrogen (secondary N) is 1. The summed E-state index contributed by atoms with van der Waals surface area (Å²) >= 11 is 0. The molecule has 0 aliphatic heterocycles. The van der Waals surface area contributed by atoms with E-state index < -0.39 is 23.9 Å². The number of anilines is 1. The summed E-state index contributed by atoms with van der Waals surface area (Å²) in [5, 5.41) is 2.60. The number of hydrogen-bond acceptors (Lipinski definition) is 6. The van der Waals surface area contributed by atoms with Gasteiger partial charge in [0.25, 0.3) is 5.91 Å². The summed E-state index contributed by atoms with van der Waals surface area (Å²) in [6.07, 6.45) is 0.121. The summed E-state index contributed by atoms with van der Waals surface area (Å²) in [7, 11) is 0. The second kappa shape index (κ2) is 9.54. The number of rotatable bonds is 8. The Kier molecular flexibility index (Phi) is 7.74. The van der Waals surface area contributed by atoms with E-state index in [1.807, 2.05) is 0 Å². The van der Waals surface area contributed by atoms with E-state index in [2.05, 4.69) is 5.32 Å². The first kappa shape index (κ1) is 19.5. The van der Waals surface area contributed by atoms with Crippen LogP contribution >= 0.6 is 0 Å². The maximum atomic E-state index is 12.3. The molecule has 3 N–H and O–H groups in total. The van der Waals surface area contributed by atoms with Crippen LogP contribution in [-0.2, 0) is 19.1 Å². The standard InChI is InChI=1S/C17H24N2O5/c1-4-23-15(20)9-8-14(17(22)24-5-2)19-16(21)12-6-7-13(18)11(3)10-12/h6-7,10,14H,4-5,8-9,18H2,1-3H3,(H,19,21). The van der Waals surface area contributed by atoms with Crippen molar-refractivity contribution < 1.29 is 23.9 Å². The fourth-order valence-corrected chi connectivity index (χ4v) is 2.05. The number of nitrogens with two attached hydrogens (primary N) is 1. The first-order valence-electron chi connectivity index (χ1n) is 7.88. The molecule has 0 spiro atoms. The Morgan fingerprint density at radius 1 is 1.17 bits per heavy atom. The normalized spacial score (nSPS) is 11.5. The number of carbonyl (C=O) groups is 3. The zero-order valence-electron chi connectivity index (χ0n) is 14.3. The Balaban J connectivity index is 2.78. The van der Waals surface area contributed by atoms with Gasteiger partial charge in [0.1, 0.15) is 6.04 Å². The quantitative estimate of drug-likeness (QED) is 0.551. The Bertz CT molecular complexity index is 601. The van der Waals surface area contributed by atoms with Crippen LogP contribution in [0.1, 0.15) is 42.6 Å². The molecule has 0 saturated carbocycles. The third kappa shape index (κ3) is 5.91. The number of benzene rings is 1. The van der Waals surface area contributed by atoms with Gasteiger partial charge in [-0.3, -0.25) is 9.59 Å². The molecule has 1 rings (SSSR count). The molecule has 0 bridgehead atoms. The molecule has 1 atom stereocenters. The molecule has 132 valence electrons. The van der Waals surface area contributed by atoms with Crippen molar-refractivity contribution >= 4 is 23.5 Å². The van der Waals surface area contributed by atoms with Crippen molar-refractivity contribution in [2.45, 2.75) is 39.7 Å². The smallest absolute Gasteiger partial charge is 0.328 e. The largest absolute Gasteiger partial charge is 0.466 e. The zero-order valence-corrected chi connectivity index (χ0v) is 14.3.